The van der Waals surface area contributed by atoms with Gasteiger partial charge in [-0.3, -0.25) is 9.78 Å². The van der Waals surface area contributed by atoms with Crippen molar-refractivity contribution in [1.29, 1.82) is 0 Å². The molecule has 0 saturated heterocycles. The Morgan fingerprint density at radius 1 is 1.57 bits per heavy atom. The first-order chi connectivity index (χ1) is 6.59. The Kier molecular flexibility index (Phi) is 3.71. The van der Waals surface area contributed by atoms with Gasteiger partial charge in [0.15, 0.2) is 5.78 Å². The van der Waals surface area contributed by atoms with Gasteiger partial charge in [-0.15, -0.1) is 0 Å². The summed E-state index contributed by atoms with van der Waals surface area (Å²) in [6.07, 6.45) is 2.37. The Bertz CT molecular complexity index is 326. The fourth-order valence-electron chi connectivity index (χ4n) is 0.890. The van der Waals surface area contributed by atoms with E-state index < -0.39 is 5.82 Å². The van der Waals surface area contributed by atoms with Crippen LogP contribution in [0.2, 0.25) is 0 Å². The van der Waals surface area contributed by atoms with Crippen LogP contribution in [-0.2, 0) is 4.74 Å². The zero-order chi connectivity index (χ0) is 10.6. The van der Waals surface area contributed by atoms with Crippen LogP contribution in [0, 0.1) is 5.82 Å². The minimum absolute atomic E-state index is 0.0135. The van der Waals surface area contributed by atoms with E-state index in [0.717, 1.165) is 12.3 Å². The number of carbonyl (C=O) groups excluding carboxylic acids is 1. The smallest absolute Gasteiger partial charge is 0.190 e. The van der Waals surface area contributed by atoms with Gasteiger partial charge in [0.1, 0.15) is 12.4 Å². The molecule has 0 N–H and O–H groups in total. The molecule has 4 heteroatoms. The molecule has 0 saturated carbocycles. The zero-order valence-corrected chi connectivity index (χ0v) is 8.16. The molecule has 0 bridgehead atoms. The summed E-state index contributed by atoms with van der Waals surface area (Å²) < 4.78 is 17.8. The Hall–Kier alpha value is -1.29. The molecule has 14 heavy (non-hydrogen) atoms. The Labute approximate surface area is 81.9 Å². The van der Waals surface area contributed by atoms with Gasteiger partial charge in [0.05, 0.1) is 12.3 Å². The molecule has 0 amide bonds. The summed E-state index contributed by atoms with van der Waals surface area (Å²) >= 11 is 0. The third-order valence-corrected chi connectivity index (χ3v) is 1.57. The van der Waals surface area contributed by atoms with E-state index in [1.165, 1.54) is 6.20 Å². The van der Waals surface area contributed by atoms with Crippen molar-refractivity contribution in [2.24, 2.45) is 0 Å². The number of carbonyl (C=O) groups is 1. The highest BCUT2D eigenvalue weighted by atomic mass is 19.1. The molecule has 1 rings (SSSR count). The molecule has 0 atom stereocenters. The first-order valence-corrected chi connectivity index (χ1v) is 4.35. The van der Waals surface area contributed by atoms with E-state index in [1.807, 2.05) is 13.8 Å². The number of rotatable bonds is 4. The second-order valence-corrected chi connectivity index (χ2v) is 3.17. The molecule has 0 aromatic carbocycles. The van der Waals surface area contributed by atoms with Crippen LogP contribution in [0.1, 0.15) is 24.2 Å². The van der Waals surface area contributed by atoms with Crippen LogP contribution in [0.25, 0.3) is 0 Å². The molecule has 0 aliphatic heterocycles. The van der Waals surface area contributed by atoms with Crippen molar-refractivity contribution in [3.8, 4) is 0 Å². The molecule has 0 aliphatic rings. The fourth-order valence-corrected chi connectivity index (χ4v) is 0.890. The van der Waals surface area contributed by atoms with E-state index >= 15 is 0 Å². The maximum absolute atomic E-state index is 12.7. The molecule has 3 nitrogen and oxygen atoms in total. The average Bonchev–Trinajstić information content (AvgIpc) is 2.14. The highest BCUT2D eigenvalue weighted by molar-refractivity contribution is 5.96. The Morgan fingerprint density at radius 2 is 2.29 bits per heavy atom. The molecular formula is C10H12FNO2. The molecule has 0 fully saturated rings. The summed E-state index contributed by atoms with van der Waals surface area (Å²) in [6, 6.07) is 1.15. The summed E-state index contributed by atoms with van der Waals surface area (Å²) in [7, 11) is 0. The number of Topliss-reactive ketones (excluding diaryl/α,β-unsaturated/α-hetero) is 1. The lowest BCUT2D eigenvalue weighted by molar-refractivity contribution is 0.0584. The van der Waals surface area contributed by atoms with Crippen LogP contribution in [0.15, 0.2) is 18.5 Å². The SMILES string of the molecule is CC(C)OCC(=O)c1cncc(F)c1. The number of halogens is 1. The molecule has 0 aliphatic carbocycles. The van der Waals surface area contributed by atoms with Crippen LogP contribution in [0.4, 0.5) is 4.39 Å². The van der Waals surface area contributed by atoms with E-state index in [-0.39, 0.29) is 24.1 Å². The van der Waals surface area contributed by atoms with Gasteiger partial charge in [-0.2, -0.15) is 0 Å². The lowest BCUT2D eigenvalue weighted by Gasteiger charge is -2.05. The minimum Gasteiger partial charge on any atom is -0.371 e. The molecule has 0 spiro atoms. The van der Waals surface area contributed by atoms with E-state index in [9.17, 15) is 9.18 Å². The zero-order valence-electron chi connectivity index (χ0n) is 8.16. The molecule has 76 valence electrons. The third kappa shape index (κ3) is 3.22. The van der Waals surface area contributed by atoms with E-state index in [4.69, 9.17) is 4.74 Å². The number of hydrogen-bond donors (Lipinski definition) is 0. The number of ketones is 1. The van der Waals surface area contributed by atoms with Gasteiger partial charge in [-0.05, 0) is 19.9 Å². The predicted octanol–water partition coefficient (Wildman–Crippen LogP) is 1.83. The number of hydrogen-bond acceptors (Lipinski definition) is 3. The number of aromatic nitrogens is 1. The molecule has 0 radical (unpaired) electrons. The van der Waals surface area contributed by atoms with Gasteiger partial charge in [0, 0.05) is 11.8 Å². The topological polar surface area (TPSA) is 39.2 Å². The van der Waals surface area contributed by atoms with Crippen LogP contribution in [0.3, 0.4) is 0 Å². The van der Waals surface area contributed by atoms with Gasteiger partial charge in [-0.1, -0.05) is 0 Å². The summed E-state index contributed by atoms with van der Waals surface area (Å²) in [6.45, 7) is 3.62. The van der Waals surface area contributed by atoms with Crippen LogP contribution < -0.4 is 0 Å². The quantitative estimate of drug-likeness (QED) is 0.691. The lowest BCUT2D eigenvalue weighted by Crippen LogP contribution is -2.13. The minimum atomic E-state index is -0.514. The van der Waals surface area contributed by atoms with Crippen molar-refractivity contribution in [3.05, 3.63) is 29.8 Å². The number of pyridine rings is 1. The summed E-state index contributed by atoms with van der Waals surface area (Å²) in [4.78, 5) is 15.0. The molecular weight excluding hydrogens is 185 g/mol. The summed E-state index contributed by atoms with van der Waals surface area (Å²) in [5.41, 5.74) is 0.241. The Morgan fingerprint density at radius 3 is 2.86 bits per heavy atom. The standard InChI is InChI=1S/C10H12FNO2/c1-7(2)14-6-10(13)8-3-9(11)5-12-4-8/h3-5,7H,6H2,1-2H3. The largest absolute Gasteiger partial charge is 0.371 e. The van der Waals surface area contributed by atoms with Crippen LogP contribution in [-0.4, -0.2) is 23.5 Å². The van der Waals surface area contributed by atoms with E-state index in [0.29, 0.717) is 0 Å². The highest BCUT2D eigenvalue weighted by Crippen LogP contribution is 2.02. The predicted molar refractivity (Wildman–Crippen MR) is 49.6 cm³/mol. The lowest BCUT2D eigenvalue weighted by atomic mass is 10.2. The van der Waals surface area contributed by atoms with Crippen molar-refractivity contribution in [2.75, 3.05) is 6.61 Å². The highest BCUT2D eigenvalue weighted by Gasteiger charge is 2.08. The van der Waals surface area contributed by atoms with Crippen molar-refractivity contribution in [2.45, 2.75) is 20.0 Å². The van der Waals surface area contributed by atoms with Gasteiger partial charge < -0.3 is 4.74 Å². The van der Waals surface area contributed by atoms with Gasteiger partial charge in [-0.25, -0.2) is 4.39 Å². The molecule has 1 aromatic heterocycles. The first-order valence-electron chi connectivity index (χ1n) is 4.35. The maximum atomic E-state index is 12.7. The van der Waals surface area contributed by atoms with Crippen molar-refractivity contribution in [1.82, 2.24) is 4.98 Å². The summed E-state index contributed by atoms with van der Waals surface area (Å²) in [5, 5.41) is 0. The van der Waals surface area contributed by atoms with Gasteiger partial charge in [0.2, 0.25) is 0 Å². The van der Waals surface area contributed by atoms with Crippen LogP contribution >= 0.6 is 0 Å². The van der Waals surface area contributed by atoms with Crippen molar-refractivity contribution < 1.29 is 13.9 Å². The normalized spacial score (nSPS) is 10.6. The second-order valence-electron chi connectivity index (χ2n) is 3.17. The van der Waals surface area contributed by atoms with Gasteiger partial charge >= 0.3 is 0 Å². The molecule has 0 unspecified atom stereocenters. The second kappa shape index (κ2) is 4.81. The molecule has 1 heterocycles. The number of ether oxygens (including phenoxy) is 1. The Balaban J connectivity index is 2.61. The summed E-state index contributed by atoms with van der Waals surface area (Å²) in [5.74, 6) is -0.772. The van der Waals surface area contributed by atoms with Crippen molar-refractivity contribution >= 4 is 5.78 Å². The average molecular weight is 197 g/mol. The first kappa shape index (κ1) is 10.8. The van der Waals surface area contributed by atoms with Crippen molar-refractivity contribution in [3.63, 3.8) is 0 Å². The fraction of sp³-hybridized carbons (Fsp3) is 0.400. The monoisotopic (exact) mass is 197 g/mol. The van der Waals surface area contributed by atoms with Crippen LogP contribution in [0.5, 0.6) is 0 Å². The van der Waals surface area contributed by atoms with Gasteiger partial charge in [0.25, 0.3) is 0 Å². The third-order valence-electron chi connectivity index (χ3n) is 1.57. The number of nitrogens with zero attached hydrogens (tertiary/aromatic N) is 1. The molecule has 1 aromatic rings. The van der Waals surface area contributed by atoms with E-state index in [1.54, 1.807) is 0 Å². The van der Waals surface area contributed by atoms with E-state index in [2.05, 4.69) is 4.98 Å². The maximum Gasteiger partial charge on any atom is 0.190 e.